The normalized spacial score (nSPS) is 15.4. The van der Waals surface area contributed by atoms with Gasteiger partial charge in [0.15, 0.2) is 0 Å². The molecule has 136 valence electrons. The van der Waals surface area contributed by atoms with E-state index in [9.17, 15) is 14.4 Å². The molecule has 7 heteroatoms. The SMILES string of the molecule is C[C@H](N)C(=O)OC(=O)CN(C(=O)OCc1ccccc1)C1CCCC1. The van der Waals surface area contributed by atoms with E-state index in [4.69, 9.17) is 10.5 Å². The fraction of sp³-hybridized carbons (Fsp3) is 0.500. The van der Waals surface area contributed by atoms with Crippen LogP contribution in [-0.4, -0.2) is 41.6 Å². The molecule has 0 radical (unpaired) electrons. The number of carbonyl (C=O) groups is 3. The largest absolute Gasteiger partial charge is 0.445 e. The number of nitrogens with two attached hydrogens (primary N) is 1. The molecular formula is C18H24N2O5. The second kappa shape index (κ2) is 9.17. The van der Waals surface area contributed by atoms with E-state index < -0.39 is 24.1 Å². The van der Waals surface area contributed by atoms with Gasteiger partial charge < -0.3 is 15.2 Å². The van der Waals surface area contributed by atoms with Gasteiger partial charge in [0.1, 0.15) is 19.2 Å². The molecule has 2 N–H and O–H groups in total. The van der Waals surface area contributed by atoms with Gasteiger partial charge in [0.25, 0.3) is 0 Å². The molecule has 0 aliphatic heterocycles. The van der Waals surface area contributed by atoms with Crippen molar-refractivity contribution in [2.45, 2.75) is 51.3 Å². The number of hydrogen-bond donors (Lipinski definition) is 1. The first-order valence-corrected chi connectivity index (χ1v) is 8.45. The van der Waals surface area contributed by atoms with Crippen molar-refractivity contribution < 1.29 is 23.9 Å². The van der Waals surface area contributed by atoms with E-state index in [1.165, 1.54) is 11.8 Å². The van der Waals surface area contributed by atoms with Crippen molar-refractivity contribution in [2.24, 2.45) is 5.73 Å². The molecule has 25 heavy (non-hydrogen) atoms. The Hall–Kier alpha value is -2.41. The summed E-state index contributed by atoms with van der Waals surface area (Å²) in [5.74, 6) is -1.61. The molecule has 0 heterocycles. The van der Waals surface area contributed by atoms with E-state index in [0.717, 1.165) is 31.2 Å². The molecule has 1 atom stereocenters. The van der Waals surface area contributed by atoms with Gasteiger partial charge in [0, 0.05) is 6.04 Å². The lowest BCUT2D eigenvalue weighted by molar-refractivity contribution is -0.161. The van der Waals surface area contributed by atoms with E-state index in [-0.39, 0.29) is 19.2 Å². The zero-order valence-electron chi connectivity index (χ0n) is 14.3. The van der Waals surface area contributed by atoms with Crippen molar-refractivity contribution in [2.75, 3.05) is 6.54 Å². The fourth-order valence-electron chi connectivity index (χ4n) is 2.74. The number of carbonyl (C=O) groups excluding carboxylic acids is 3. The third kappa shape index (κ3) is 5.86. The third-order valence-electron chi connectivity index (χ3n) is 4.09. The molecule has 0 aromatic heterocycles. The Morgan fingerprint density at radius 3 is 2.44 bits per heavy atom. The predicted molar refractivity (Wildman–Crippen MR) is 90.3 cm³/mol. The summed E-state index contributed by atoms with van der Waals surface area (Å²) in [4.78, 5) is 37.2. The van der Waals surface area contributed by atoms with Crippen LogP contribution >= 0.6 is 0 Å². The summed E-state index contributed by atoms with van der Waals surface area (Å²) in [6.07, 6.45) is 2.99. The van der Waals surface area contributed by atoms with Crippen LogP contribution in [-0.2, 0) is 25.7 Å². The molecule has 1 fully saturated rings. The lowest BCUT2D eigenvalue weighted by atomic mass is 10.2. The number of esters is 2. The topological polar surface area (TPSA) is 98.9 Å². The summed E-state index contributed by atoms with van der Waals surface area (Å²) in [6, 6.07) is 8.31. The Kier molecular flexibility index (Phi) is 6.94. The Morgan fingerprint density at radius 2 is 1.84 bits per heavy atom. The van der Waals surface area contributed by atoms with Gasteiger partial charge in [-0.2, -0.15) is 0 Å². The number of nitrogens with zero attached hydrogens (tertiary/aromatic N) is 1. The molecule has 1 aliphatic carbocycles. The van der Waals surface area contributed by atoms with Gasteiger partial charge in [-0.3, -0.25) is 4.90 Å². The molecular weight excluding hydrogens is 324 g/mol. The second-order valence-electron chi connectivity index (χ2n) is 6.19. The van der Waals surface area contributed by atoms with E-state index in [1.807, 2.05) is 30.3 Å². The van der Waals surface area contributed by atoms with Gasteiger partial charge in [-0.15, -0.1) is 0 Å². The first kappa shape index (κ1) is 18.9. The van der Waals surface area contributed by atoms with Crippen LogP contribution in [0.15, 0.2) is 30.3 Å². The van der Waals surface area contributed by atoms with E-state index in [1.54, 1.807) is 0 Å². The lowest BCUT2D eigenvalue weighted by Gasteiger charge is -2.27. The zero-order valence-corrected chi connectivity index (χ0v) is 14.3. The molecule has 1 aromatic carbocycles. The van der Waals surface area contributed by atoms with Gasteiger partial charge in [-0.25, -0.2) is 14.4 Å². The van der Waals surface area contributed by atoms with Crippen molar-refractivity contribution in [3.05, 3.63) is 35.9 Å². The molecule has 0 saturated heterocycles. The van der Waals surface area contributed by atoms with Crippen LogP contribution in [0.1, 0.15) is 38.2 Å². The average Bonchev–Trinajstić information content (AvgIpc) is 3.12. The van der Waals surface area contributed by atoms with Gasteiger partial charge in [0.05, 0.1) is 0 Å². The number of rotatable bonds is 6. The van der Waals surface area contributed by atoms with Crippen molar-refractivity contribution in [1.29, 1.82) is 0 Å². The summed E-state index contributed by atoms with van der Waals surface area (Å²) >= 11 is 0. The molecule has 0 unspecified atom stereocenters. The fourth-order valence-corrected chi connectivity index (χ4v) is 2.74. The second-order valence-corrected chi connectivity index (χ2v) is 6.19. The smallest absolute Gasteiger partial charge is 0.410 e. The van der Waals surface area contributed by atoms with Crippen LogP contribution < -0.4 is 5.73 Å². The maximum absolute atomic E-state index is 12.4. The van der Waals surface area contributed by atoms with Crippen LogP contribution in [0.3, 0.4) is 0 Å². The number of benzene rings is 1. The average molecular weight is 348 g/mol. The van der Waals surface area contributed by atoms with Gasteiger partial charge in [-0.1, -0.05) is 43.2 Å². The number of ether oxygens (including phenoxy) is 2. The zero-order chi connectivity index (χ0) is 18.2. The van der Waals surface area contributed by atoms with Crippen molar-refractivity contribution in [3.8, 4) is 0 Å². The minimum absolute atomic E-state index is 0.0822. The Labute approximate surface area is 147 Å². The van der Waals surface area contributed by atoms with E-state index >= 15 is 0 Å². The molecule has 2 rings (SSSR count). The first-order chi connectivity index (χ1) is 12.0. The summed E-state index contributed by atoms with van der Waals surface area (Å²) < 4.78 is 9.99. The van der Waals surface area contributed by atoms with Crippen LogP contribution in [0.2, 0.25) is 0 Å². The highest BCUT2D eigenvalue weighted by molar-refractivity contribution is 5.90. The predicted octanol–water partition coefficient (Wildman–Crippen LogP) is 1.98. The van der Waals surface area contributed by atoms with E-state index in [0.29, 0.717) is 0 Å². The Balaban J connectivity index is 1.96. The molecule has 1 saturated carbocycles. The highest BCUT2D eigenvalue weighted by atomic mass is 16.6. The molecule has 7 nitrogen and oxygen atoms in total. The van der Waals surface area contributed by atoms with E-state index in [2.05, 4.69) is 4.74 Å². The van der Waals surface area contributed by atoms with Crippen LogP contribution in [0.4, 0.5) is 4.79 Å². The van der Waals surface area contributed by atoms with Gasteiger partial charge >= 0.3 is 18.0 Å². The third-order valence-corrected chi connectivity index (χ3v) is 4.09. The molecule has 1 amide bonds. The van der Waals surface area contributed by atoms with Crippen LogP contribution in [0, 0.1) is 0 Å². The quantitative estimate of drug-likeness (QED) is 0.623. The van der Waals surface area contributed by atoms with Crippen molar-refractivity contribution >= 4 is 18.0 Å². The summed E-state index contributed by atoms with van der Waals surface area (Å²) in [6.45, 7) is 1.23. The minimum atomic E-state index is -0.895. The number of hydrogen-bond acceptors (Lipinski definition) is 6. The highest BCUT2D eigenvalue weighted by Gasteiger charge is 2.31. The van der Waals surface area contributed by atoms with Crippen molar-refractivity contribution in [3.63, 3.8) is 0 Å². The van der Waals surface area contributed by atoms with Gasteiger partial charge in [0.2, 0.25) is 0 Å². The standard InChI is InChI=1S/C18H24N2O5/c1-13(19)17(22)25-16(21)11-20(15-9-5-6-10-15)18(23)24-12-14-7-3-2-4-8-14/h2-4,7-8,13,15H,5-6,9-12,19H2,1H3/t13-/m0/s1. The Morgan fingerprint density at radius 1 is 1.20 bits per heavy atom. The molecule has 0 bridgehead atoms. The summed E-state index contributed by atoms with van der Waals surface area (Å²) in [7, 11) is 0. The Bertz CT molecular complexity index is 597. The maximum atomic E-state index is 12.4. The molecule has 1 aliphatic rings. The number of amides is 1. The molecule has 1 aromatic rings. The van der Waals surface area contributed by atoms with Crippen LogP contribution in [0.25, 0.3) is 0 Å². The monoisotopic (exact) mass is 348 g/mol. The first-order valence-electron chi connectivity index (χ1n) is 8.45. The summed E-state index contributed by atoms with van der Waals surface area (Å²) in [5, 5.41) is 0. The summed E-state index contributed by atoms with van der Waals surface area (Å²) in [5.41, 5.74) is 6.24. The van der Waals surface area contributed by atoms with Crippen molar-refractivity contribution in [1.82, 2.24) is 4.90 Å². The van der Waals surface area contributed by atoms with Gasteiger partial charge in [-0.05, 0) is 25.3 Å². The lowest BCUT2D eigenvalue weighted by Crippen LogP contribution is -2.44. The van der Waals surface area contributed by atoms with Crippen LogP contribution in [0.5, 0.6) is 0 Å². The maximum Gasteiger partial charge on any atom is 0.410 e. The highest BCUT2D eigenvalue weighted by Crippen LogP contribution is 2.24. The molecule has 0 spiro atoms. The minimum Gasteiger partial charge on any atom is -0.445 e.